The molecule has 1 N–H and O–H groups in total. The molecule has 1 saturated carbocycles. The molecule has 0 bridgehead atoms. The van der Waals surface area contributed by atoms with E-state index in [1.807, 2.05) is 0 Å². The lowest BCUT2D eigenvalue weighted by molar-refractivity contribution is 0.187. The van der Waals surface area contributed by atoms with E-state index in [1.54, 1.807) is 7.11 Å². The summed E-state index contributed by atoms with van der Waals surface area (Å²) in [7, 11) is 3.85. The molecule has 1 aliphatic rings. The van der Waals surface area contributed by atoms with E-state index in [9.17, 15) is 0 Å². The van der Waals surface area contributed by atoms with Crippen molar-refractivity contribution in [3.8, 4) is 0 Å². The van der Waals surface area contributed by atoms with E-state index in [0.717, 1.165) is 18.6 Å². The average Bonchev–Trinajstić information content (AvgIpc) is 2.53. The van der Waals surface area contributed by atoms with Crippen molar-refractivity contribution in [2.45, 2.75) is 38.1 Å². The van der Waals surface area contributed by atoms with Crippen LogP contribution in [-0.4, -0.2) is 26.8 Å². The van der Waals surface area contributed by atoms with Crippen LogP contribution in [0.2, 0.25) is 0 Å². The highest BCUT2D eigenvalue weighted by molar-refractivity contribution is 4.79. The van der Waals surface area contributed by atoms with Crippen LogP contribution in [0.4, 0.5) is 0 Å². The van der Waals surface area contributed by atoms with Crippen LogP contribution in [0.15, 0.2) is 0 Å². The largest absolute Gasteiger partial charge is 0.385 e. The third-order valence-electron chi connectivity index (χ3n) is 2.91. The lowest BCUT2D eigenvalue weighted by Gasteiger charge is -2.09. The molecule has 1 fully saturated rings. The summed E-state index contributed by atoms with van der Waals surface area (Å²) in [5.41, 5.74) is 0. The quantitative estimate of drug-likeness (QED) is 0.637. The number of nitrogens with one attached hydrogen (secondary N) is 1. The molecule has 2 heteroatoms. The predicted molar refractivity (Wildman–Crippen MR) is 51.3 cm³/mol. The fraction of sp³-hybridized carbons (Fsp3) is 1.00. The first-order valence-corrected chi connectivity index (χ1v) is 5.03. The van der Waals surface area contributed by atoms with Gasteiger partial charge in [-0.2, -0.15) is 0 Å². The number of rotatable bonds is 5. The number of ether oxygens (including phenoxy) is 1. The highest BCUT2D eigenvalue weighted by Crippen LogP contribution is 2.28. The van der Waals surface area contributed by atoms with Crippen LogP contribution in [-0.2, 0) is 4.74 Å². The topological polar surface area (TPSA) is 21.3 Å². The van der Waals surface area contributed by atoms with Gasteiger partial charge in [-0.3, -0.25) is 0 Å². The monoisotopic (exact) mass is 171 g/mol. The normalized spacial score (nSPS) is 29.5. The minimum atomic E-state index is 0.789. The van der Waals surface area contributed by atoms with Gasteiger partial charge in [-0.15, -0.1) is 0 Å². The Morgan fingerprint density at radius 2 is 2.25 bits per heavy atom. The van der Waals surface area contributed by atoms with E-state index >= 15 is 0 Å². The Labute approximate surface area is 75.7 Å². The molecule has 0 aromatic heterocycles. The lowest BCUT2D eigenvalue weighted by atomic mass is 10.0. The Bertz CT molecular complexity index is 116. The van der Waals surface area contributed by atoms with Gasteiger partial charge in [0, 0.05) is 19.8 Å². The van der Waals surface area contributed by atoms with Crippen molar-refractivity contribution < 1.29 is 4.74 Å². The first kappa shape index (κ1) is 10.0. The summed E-state index contributed by atoms with van der Waals surface area (Å²) in [4.78, 5) is 0. The number of hydrogen-bond acceptors (Lipinski definition) is 2. The number of hydrogen-bond donors (Lipinski definition) is 1. The second-order valence-electron chi connectivity index (χ2n) is 3.80. The molecule has 2 unspecified atom stereocenters. The summed E-state index contributed by atoms with van der Waals surface area (Å²) >= 11 is 0. The van der Waals surface area contributed by atoms with Crippen molar-refractivity contribution in [1.82, 2.24) is 5.32 Å². The predicted octanol–water partition coefficient (Wildman–Crippen LogP) is 1.80. The highest BCUT2D eigenvalue weighted by atomic mass is 16.5. The van der Waals surface area contributed by atoms with Gasteiger partial charge in [0.05, 0.1) is 0 Å². The molecule has 0 aromatic carbocycles. The van der Waals surface area contributed by atoms with Gasteiger partial charge < -0.3 is 10.1 Å². The highest BCUT2D eigenvalue weighted by Gasteiger charge is 2.22. The van der Waals surface area contributed by atoms with Crippen molar-refractivity contribution in [3.05, 3.63) is 0 Å². The molecule has 72 valence electrons. The molecule has 0 aromatic rings. The van der Waals surface area contributed by atoms with E-state index in [4.69, 9.17) is 4.74 Å². The van der Waals surface area contributed by atoms with E-state index in [2.05, 4.69) is 12.4 Å². The standard InChI is InChI=1S/C10H21NO/c1-11-10-6-5-9(8-10)4-3-7-12-2/h9-11H,3-8H2,1-2H3. The molecule has 2 atom stereocenters. The van der Waals surface area contributed by atoms with Gasteiger partial charge in [0.15, 0.2) is 0 Å². The van der Waals surface area contributed by atoms with Crippen LogP contribution in [0.5, 0.6) is 0 Å². The maximum atomic E-state index is 5.04. The molecule has 0 heterocycles. The Kier molecular flexibility index (Phi) is 4.62. The van der Waals surface area contributed by atoms with Crippen molar-refractivity contribution in [2.75, 3.05) is 20.8 Å². The van der Waals surface area contributed by atoms with Gasteiger partial charge in [-0.1, -0.05) is 0 Å². The molecule has 0 aliphatic heterocycles. The SMILES string of the molecule is CNC1CCC(CCCOC)C1. The van der Waals surface area contributed by atoms with E-state index < -0.39 is 0 Å². The van der Waals surface area contributed by atoms with Gasteiger partial charge in [0.2, 0.25) is 0 Å². The molecule has 0 saturated heterocycles. The van der Waals surface area contributed by atoms with Crippen molar-refractivity contribution >= 4 is 0 Å². The molecule has 0 radical (unpaired) electrons. The zero-order valence-corrected chi connectivity index (χ0v) is 8.31. The third kappa shape index (κ3) is 3.11. The fourth-order valence-corrected chi connectivity index (χ4v) is 2.12. The minimum Gasteiger partial charge on any atom is -0.385 e. The van der Waals surface area contributed by atoms with Gasteiger partial charge in [0.25, 0.3) is 0 Å². The Morgan fingerprint density at radius 1 is 1.42 bits per heavy atom. The molecule has 0 spiro atoms. The van der Waals surface area contributed by atoms with Crippen LogP contribution >= 0.6 is 0 Å². The summed E-state index contributed by atoms with van der Waals surface area (Å²) in [6, 6.07) is 0.789. The molecule has 1 rings (SSSR count). The van der Waals surface area contributed by atoms with E-state index in [-0.39, 0.29) is 0 Å². The van der Waals surface area contributed by atoms with Crippen molar-refractivity contribution in [3.63, 3.8) is 0 Å². The maximum Gasteiger partial charge on any atom is 0.0462 e. The van der Waals surface area contributed by atoms with Crippen LogP contribution < -0.4 is 5.32 Å². The van der Waals surface area contributed by atoms with Crippen LogP contribution in [0.25, 0.3) is 0 Å². The Hall–Kier alpha value is -0.0800. The molecular weight excluding hydrogens is 150 g/mol. The Morgan fingerprint density at radius 3 is 2.83 bits per heavy atom. The third-order valence-corrected chi connectivity index (χ3v) is 2.91. The van der Waals surface area contributed by atoms with Gasteiger partial charge in [0.1, 0.15) is 0 Å². The molecule has 12 heavy (non-hydrogen) atoms. The summed E-state index contributed by atoms with van der Waals surface area (Å²) in [6.07, 6.45) is 6.74. The fourth-order valence-electron chi connectivity index (χ4n) is 2.12. The van der Waals surface area contributed by atoms with E-state index in [1.165, 1.54) is 32.1 Å². The summed E-state index contributed by atoms with van der Waals surface area (Å²) in [6.45, 7) is 0.931. The maximum absolute atomic E-state index is 5.04. The van der Waals surface area contributed by atoms with Crippen LogP contribution in [0.3, 0.4) is 0 Å². The zero-order chi connectivity index (χ0) is 8.81. The van der Waals surface area contributed by atoms with Gasteiger partial charge >= 0.3 is 0 Å². The van der Waals surface area contributed by atoms with Gasteiger partial charge in [-0.25, -0.2) is 0 Å². The smallest absolute Gasteiger partial charge is 0.0462 e. The summed E-state index contributed by atoms with van der Waals surface area (Å²) < 4.78 is 5.04. The van der Waals surface area contributed by atoms with E-state index in [0.29, 0.717) is 0 Å². The average molecular weight is 171 g/mol. The summed E-state index contributed by atoms with van der Waals surface area (Å²) in [5.74, 6) is 0.956. The van der Waals surface area contributed by atoms with Gasteiger partial charge in [-0.05, 0) is 45.1 Å². The lowest BCUT2D eigenvalue weighted by Crippen LogP contribution is -2.21. The number of methoxy groups -OCH3 is 1. The summed E-state index contributed by atoms with van der Waals surface area (Å²) in [5, 5.41) is 3.35. The second kappa shape index (κ2) is 5.55. The molecule has 0 amide bonds. The minimum absolute atomic E-state index is 0.789. The molecule has 1 aliphatic carbocycles. The molecule has 2 nitrogen and oxygen atoms in total. The molecular formula is C10H21NO. The van der Waals surface area contributed by atoms with Crippen molar-refractivity contribution in [2.24, 2.45) is 5.92 Å². The van der Waals surface area contributed by atoms with Crippen molar-refractivity contribution in [1.29, 1.82) is 0 Å². The first-order valence-electron chi connectivity index (χ1n) is 5.03. The Balaban J connectivity index is 2.03. The van der Waals surface area contributed by atoms with Crippen LogP contribution in [0.1, 0.15) is 32.1 Å². The first-order chi connectivity index (χ1) is 5.86. The second-order valence-corrected chi connectivity index (χ2v) is 3.80. The zero-order valence-electron chi connectivity index (χ0n) is 8.31. The van der Waals surface area contributed by atoms with Crippen LogP contribution in [0, 0.1) is 5.92 Å².